The van der Waals surface area contributed by atoms with Gasteiger partial charge in [0.05, 0.1) is 10.5 Å². The van der Waals surface area contributed by atoms with Crippen LogP contribution in [-0.2, 0) is 14.8 Å². The molecule has 6 nitrogen and oxygen atoms in total. The van der Waals surface area contributed by atoms with Gasteiger partial charge < -0.3 is 4.74 Å². The van der Waals surface area contributed by atoms with E-state index in [2.05, 4.69) is 29.6 Å². The molecule has 0 bridgehead atoms. The fraction of sp³-hybridized carbons (Fsp3) is 0.467. The number of nitrogens with zero attached hydrogens (tertiary/aromatic N) is 3. The molecular weight excluding hydrogens is 398 g/mol. The van der Waals surface area contributed by atoms with E-state index in [1.54, 1.807) is 17.8 Å². The number of pyridine rings is 1. The Morgan fingerprint density at radius 2 is 2.04 bits per heavy atom. The summed E-state index contributed by atoms with van der Waals surface area (Å²) in [5, 5.41) is 2.02. The molecule has 0 aliphatic heterocycles. The average molecular weight is 420 g/mol. The molecule has 0 saturated heterocycles. The van der Waals surface area contributed by atoms with Crippen LogP contribution in [0, 0.1) is 6.92 Å². The second kappa shape index (κ2) is 8.13. The van der Waals surface area contributed by atoms with Gasteiger partial charge in [0.2, 0.25) is 0 Å². The SMILES string of the molecule is Cc1cc(S(=O)(=O)N(COCC[Si](C)(C)C)c2cscn2)ncc1Cl. The molecule has 2 aromatic heterocycles. The van der Waals surface area contributed by atoms with Gasteiger partial charge in [0.1, 0.15) is 6.73 Å². The van der Waals surface area contributed by atoms with Gasteiger partial charge in [-0.25, -0.2) is 14.3 Å². The Bertz CT molecular complexity index is 808. The molecule has 10 heteroatoms. The number of thiazole rings is 1. The lowest BCUT2D eigenvalue weighted by Gasteiger charge is -2.23. The van der Waals surface area contributed by atoms with Crippen molar-refractivity contribution in [2.24, 2.45) is 0 Å². The summed E-state index contributed by atoms with van der Waals surface area (Å²) in [6.07, 6.45) is 1.34. The Morgan fingerprint density at radius 1 is 1.32 bits per heavy atom. The van der Waals surface area contributed by atoms with Crippen molar-refractivity contribution in [1.29, 1.82) is 0 Å². The van der Waals surface area contributed by atoms with E-state index < -0.39 is 18.1 Å². The molecule has 0 unspecified atom stereocenters. The maximum Gasteiger partial charge on any atom is 0.284 e. The number of rotatable bonds is 8. The fourth-order valence-corrected chi connectivity index (χ4v) is 4.64. The summed E-state index contributed by atoms with van der Waals surface area (Å²) in [6, 6.07) is 2.41. The minimum Gasteiger partial charge on any atom is -0.360 e. The van der Waals surface area contributed by atoms with Crippen molar-refractivity contribution in [2.75, 3.05) is 17.6 Å². The lowest BCUT2D eigenvalue weighted by Crippen LogP contribution is -2.35. The summed E-state index contributed by atoms with van der Waals surface area (Å²) in [5.41, 5.74) is 2.23. The average Bonchev–Trinajstić information content (AvgIpc) is 3.02. The van der Waals surface area contributed by atoms with Crippen LogP contribution >= 0.6 is 22.9 Å². The molecule has 0 N–H and O–H groups in total. The van der Waals surface area contributed by atoms with Crippen LogP contribution in [0.1, 0.15) is 5.56 Å². The van der Waals surface area contributed by atoms with Gasteiger partial charge >= 0.3 is 0 Å². The number of anilines is 1. The zero-order valence-corrected chi connectivity index (χ0v) is 18.1. The molecule has 0 spiro atoms. The Hall–Kier alpha value is -1.00. The molecule has 2 rings (SSSR count). The molecule has 0 saturated carbocycles. The number of hydrogen-bond acceptors (Lipinski definition) is 6. The molecule has 2 heterocycles. The lowest BCUT2D eigenvalue weighted by molar-refractivity contribution is 0.156. The highest BCUT2D eigenvalue weighted by Crippen LogP contribution is 2.24. The summed E-state index contributed by atoms with van der Waals surface area (Å²) in [4.78, 5) is 8.09. The van der Waals surface area contributed by atoms with Gasteiger partial charge in [-0.2, -0.15) is 8.42 Å². The lowest BCUT2D eigenvalue weighted by atomic mass is 10.3. The molecule has 138 valence electrons. The summed E-state index contributed by atoms with van der Waals surface area (Å²) in [7, 11) is -5.14. The number of ether oxygens (including phenoxy) is 1. The summed E-state index contributed by atoms with van der Waals surface area (Å²) < 4.78 is 32.8. The molecule has 0 fully saturated rings. The van der Waals surface area contributed by atoms with Crippen molar-refractivity contribution >= 4 is 46.9 Å². The van der Waals surface area contributed by atoms with Crippen LogP contribution in [0.3, 0.4) is 0 Å². The van der Waals surface area contributed by atoms with E-state index in [-0.39, 0.29) is 11.8 Å². The van der Waals surface area contributed by atoms with Gasteiger partial charge in [-0.1, -0.05) is 31.2 Å². The molecule has 0 aliphatic carbocycles. The first-order valence-corrected chi connectivity index (χ1v) is 14.2. The van der Waals surface area contributed by atoms with E-state index in [0.717, 1.165) is 10.3 Å². The quantitative estimate of drug-likeness (QED) is 0.367. The Morgan fingerprint density at radius 3 is 2.60 bits per heavy atom. The van der Waals surface area contributed by atoms with Gasteiger partial charge in [-0.15, -0.1) is 11.3 Å². The third-order valence-corrected chi connectivity index (χ3v) is 7.75. The predicted molar refractivity (Wildman–Crippen MR) is 105 cm³/mol. The van der Waals surface area contributed by atoms with Gasteiger partial charge in [-0.3, -0.25) is 0 Å². The molecule has 2 aromatic rings. The van der Waals surface area contributed by atoms with Gasteiger partial charge in [-0.05, 0) is 24.6 Å². The summed E-state index contributed by atoms with van der Waals surface area (Å²) >= 11 is 7.27. The van der Waals surface area contributed by atoms with Crippen LogP contribution in [0.4, 0.5) is 5.82 Å². The van der Waals surface area contributed by atoms with Crippen LogP contribution in [0.25, 0.3) is 0 Å². The monoisotopic (exact) mass is 419 g/mol. The Labute approximate surface area is 158 Å². The van der Waals surface area contributed by atoms with E-state index in [4.69, 9.17) is 16.3 Å². The third kappa shape index (κ3) is 5.48. The standard InChI is InChI=1S/C15H22ClN3O3S2Si/c1-12-7-15(17-8-13(12)16)24(20,21)19(14-9-23-10-18-14)11-22-5-6-25(2,3)4/h7-10H,5-6,11H2,1-4H3. The number of aryl methyl sites for hydroxylation is 1. The Balaban J connectivity index is 2.24. The van der Waals surface area contributed by atoms with Crippen molar-refractivity contribution in [1.82, 2.24) is 9.97 Å². The fourth-order valence-electron chi connectivity index (χ4n) is 1.88. The van der Waals surface area contributed by atoms with Crippen LogP contribution in [0.5, 0.6) is 0 Å². The van der Waals surface area contributed by atoms with E-state index in [0.29, 0.717) is 23.0 Å². The zero-order valence-electron chi connectivity index (χ0n) is 14.7. The summed E-state index contributed by atoms with van der Waals surface area (Å²) in [6.45, 7) is 8.88. The maximum atomic E-state index is 13.0. The largest absolute Gasteiger partial charge is 0.360 e. The second-order valence-electron chi connectivity index (χ2n) is 6.82. The topological polar surface area (TPSA) is 72.4 Å². The predicted octanol–water partition coefficient (Wildman–Crippen LogP) is 4.01. The normalized spacial score (nSPS) is 12.4. The number of aromatic nitrogens is 2. The van der Waals surface area contributed by atoms with Gasteiger partial charge in [0.15, 0.2) is 10.8 Å². The second-order valence-corrected chi connectivity index (χ2v) is 15.4. The maximum absolute atomic E-state index is 13.0. The van der Waals surface area contributed by atoms with Crippen LogP contribution in [0.2, 0.25) is 30.7 Å². The number of sulfonamides is 1. The molecule has 0 radical (unpaired) electrons. The number of halogens is 1. The molecule has 0 aromatic carbocycles. The van der Waals surface area contributed by atoms with E-state index >= 15 is 0 Å². The van der Waals surface area contributed by atoms with E-state index in [9.17, 15) is 8.42 Å². The van der Waals surface area contributed by atoms with Crippen molar-refractivity contribution in [3.8, 4) is 0 Å². The van der Waals surface area contributed by atoms with Crippen molar-refractivity contribution < 1.29 is 13.2 Å². The highest BCUT2D eigenvalue weighted by atomic mass is 35.5. The minimum absolute atomic E-state index is 0.0730. The number of hydrogen-bond donors (Lipinski definition) is 0. The minimum atomic E-state index is -3.89. The Kier molecular flexibility index (Phi) is 6.60. The van der Waals surface area contributed by atoms with Crippen LogP contribution in [0.15, 0.2) is 28.2 Å². The van der Waals surface area contributed by atoms with Crippen molar-refractivity contribution in [2.45, 2.75) is 37.6 Å². The summed E-state index contributed by atoms with van der Waals surface area (Å²) in [5.74, 6) is 0.326. The van der Waals surface area contributed by atoms with Crippen molar-refractivity contribution in [3.63, 3.8) is 0 Å². The smallest absolute Gasteiger partial charge is 0.284 e. The van der Waals surface area contributed by atoms with Crippen LogP contribution < -0.4 is 4.31 Å². The van der Waals surface area contributed by atoms with Gasteiger partial charge in [0, 0.05) is 26.3 Å². The molecule has 0 atom stereocenters. The first-order valence-electron chi connectivity index (χ1n) is 7.72. The van der Waals surface area contributed by atoms with Gasteiger partial charge in [0.25, 0.3) is 10.0 Å². The van der Waals surface area contributed by atoms with E-state index in [1.807, 2.05) is 0 Å². The first-order chi connectivity index (χ1) is 11.6. The molecule has 0 aliphatic rings. The molecular formula is C15H22ClN3O3S2Si. The highest BCUT2D eigenvalue weighted by molar-refractivity contribution is 7.92. The van der Waals surface area contributed by atoms with E-state index in [1.165, 1.54) is 23.6 Å². The van der Waals surface area contributed by atoms with Crippen molar-refractivity contribution in [3.05, 3.63) is 33.7 Å². The third-order valence-electron chi connectivity index (χ3n) is 3.46. The molecule has 0 amide bonds. The van der Waals surface area contributed by atoms with Crippen LogP contribution in [-0.4, -0.2) is 39.8 Å². The zero-order chi connectivity index (χ0) is 18.7. The first kappa shape index (κ1) is 20.3. The molecule has 25 heavy (non-hydrogen) atoms. The highest BCUT2D eigenvalue weighted by Gasteiger charge is 2.28.